The van der Waals surface area contributed by atoms with E-state index in [0.717, 1.165) is 23.1 Å². The number of nitrogens with zero attached hydrogens (tertiary/aromatic N) is 2. The fraction of sp³-hybridized carbons (Fsp3) is 0.500. The summed E-state index contributed by atoms with van der Waals surface area (Å²) in [4.78, 5) is 27.4. The van der Waals surface area contributed by atoms with Crippen LogP contribution in [-0.2, 0) is 9.59 Å². The number of hydrogen-bond acceptors (Lipinski definition) is 3. The van der Waals surface area contributed by atoms with Crippen molar-refractivity contribution in [2.75, 3.05) is 39.0 Å². The molecule has 1 N–H and O–H groups in total. The molecule has 0 aliphatic rings. The van der Waals surface area contributed by atoms with Crippen LogP contribution in [0.15, 0.2) is 28.7 Å². The minimum absolute atomic E-state index is 0.00834. The van der Waals surface area contributed by atoms with Gasteiger partial charge in [-0.05, 0) is 45.3 Å². The van der Waals surface area contributed by atoms with Gasteiger partial charge in [0.05, 0.1) is 0 Å². The molecule has 0 aliphatic heterocycles. The molecule has 0 aliphatic carbocycles. The zero-order chi connectivity index (χ0) is 16.5. The van der Waals surface area contributed by atoms with Gasteiger partial charge in [-0.15, -0.1) is 0 Å². The molecular formula is C16H24BrN3O2. The van der Waals surface area contributed by atoms with E-state index in [9.17, 15) is 9.59 Å². The molecule has 0 fully saturated rings. The Morgan fingerprint density at radius 3 is 2.50 bits per heavy atom. The summed E-state index contributed by atoms with van der Waals surface area (Å²) in [6.07, 6.45) is 1.20. The monoisotopic (exact) mass is 369 g/mol. The highest BCUT2D eigenvalue weighted by Crippen LogP contribution is 2.15. The van der Waals surface area contributed by atoms with Crippen LogP contribution in [0, 0.1) is 0 Å². The molecular weight excluding hydrogens is 346 g/mol. The molecule has 6 heteroatoms. The van der Waals surface area contributed by atoms with Crippen LogP contribution < -0.4 is 5.32 Å². The lowest BCUT2D eigenvalue weighted by atomic mass is 10.3. The van der Waals surface area contributed by atoms with Crippen LogP contribution in [0.2, 0.25) is 0 Å². The van der Waals surface area contributed by atoms with Gasteiger partial charge in [-0.3, -0.25) is 9.59 Å². The SMILES string of the molecule is CC(=O)N(CCCN(C)C)CCC(=O)Nc1cccc(Br)c1. The minimum Gasteiger partial charge on any atom is -0.342 e. The Bertz CT molecular complexity index is 506. The van der Waals surface area contributed by atoms with Crippen molar-refractivity contribution in [3.05, 3.63) is 28.7 Å². The van der Waals surface area contributed by atoms with Crippen LogP contribution in [-0.4, -0.2) is 55.3 Å². The molecule has 0 spiro atoms. The number of benzene rings is 1. The molecule has 0 radical (unpaired) electrons. The first kappa shape index (κ1) is 18.6. The molecule has 0 atom stereocenters. The van der Waals surface area contributed by atoms with E-state index in [1.54, 1.807) is 11.8 Å². The highest BCUT2D eigenvalue weighted by Gasteiger charge is 2.11. The van der Waals surface area contributed by atoms with Gasteiger partial charge in [0.25, 0.3) is 0 Å². The van der Waals surface area contributed by atoms with Crippen LogP contribution in [0.1, 0.15) is 19.8 Å². The summed E-state index contributed by atoms with van der Waals surface area (Å²) < 4.78 is 0.916. The molecule has 0 bridgehead atoms. The Labute approximate surface area is 140 Å². The van der Waals surface area contributed by atoms with E-state index in [-0.39, 0.29) is 11.8 Å². The average Bonchev–Trinajstić information content (AvgIpc) is 2.41. The van der Waals surface area contributed by atoms with Crippen LogP contribution in [0.25, 0.3) is 0 Å². The molecule has 2 amide bonds. The Morgan fingerprint density at radius 1 is 1.18 bits per heavy atom. The number of halogens is 1. The van der Waals surface area contributed by atoms with Gasteiger partial charge in [-0.1, -0.05) is 22.0 Å². The third-order valence-electron chi connectivity index (χ3n) is 3.20. The van der Waals surface area contributed by atoms with E-state index >= 15 is 0 Å². The Morgan fingerprint density at radius 2 is 1.91 bits per heavy atom. The summed E-state index contributed by atoms with van der Waals surface area (Å²) in [5.74, 6) is -0.0778. The lowest BCUT2D eigenvalue weighted by molar-refractivity contribution is -0.129. The molecule has 1 aromatic carbocycles. The van der Waals surface area contributed by atoms with Crippen molar-refractivity contribution in [1.29, 1.82) is 0 Å². The number of nitrogens with one attached hydrogen (secondary N) is 1. The zero-order valence-corrected chi connectivity index (χ0v) is 15.0. The van der Waals surface area contributed by atoms with E-state index in [1.807, 2.05) is 38.4 Å². The lowest BCUT2D eigenvalue weighted by Crippen LogP contribution is -2.34. The van der Waals surface area contributed by atoms with Gasteiger partial charge in [-0.2, -0.15) is 0 Å². The van der Waals surface area contributed by atoms with Crippen LogP contribution >= 0.6 is 15.9 Å². The van der Waals surface area contributed by atoms with Crippen molar-refractivity contribution in [2.24, 2.45) is 0 Å². The van der Waals surface area contributed by atoms with Gasteiger partial charge < -0.3 is 15.1 Å². The predicted molar refractivity (Wildman–Crippen MR) is 92.8 cm³/mol. The van der Waals surface area contributed by atoms with E-state index in [2.05, 4.69) is 26.1 Å². The van der Waals surface area contributed by atoms with E-state index in [0.29, 0.717) is 19.5 Å². The summed E-state index contributed by atoms with van der Waals surface area (Å²) in [7, 11) is 4.01. The quantitative estimate of drug-likeness (QED) is 0.765. The fourth-order valence-electron chi connectivity index (χ4n) is 2.03. The predicted octanol–water partition coefficient (Wildman–Crippen LogP) is 2.58. The number of amides is 2. The van der Waals surface area contributed by atoms with Gasteiger partial charge in [0, 0.05) is 36.6 Å². The van der Waals surface area contributed by atoms with Crippen molar-refractivity contribution in [3.8, 4) is 0 Å². The molecule has 0 saturated carbocycles. The standard InChI is InChI=1S/C16H24BrN3O2/c1-13(21)20(10-5-9-19(2)3)11-8-16(22)18-15-7-4-6-14(17)12-15/h4,6-7,12H,5,8-11H2,1-3H3,(H,18,22). The summed E-state index contributed by atoms with van der Waals surface area (Å²) in [6, 6.07) is 7.45. The number of carbonyl (C=O) groups excluding carboxylic acids is 2. The number of carbonyl (C=O) groups is 2. The molecule has 0 aromatic heterocycles. The molecule has 22 heavy (non-hydrogen) atoms. The second-order valence-electron chi connectivity index (χ2n) is 5.47. The maximum absolute atomic E-state index is 12.0. The van der Waals surface area contributed by atoms with Gasteiger partial charge in [0.15, 0.2) is 0 Å². The Hall–Kier alpha value is -1.40. The summed E-state index contributed by atoms with van der Waals surface area (Å²) in [5.41, 5.74) is 0.751. The second-order valence-corrected chi connectivity index (χ2v) is 6.39. The van der Waals surface area contributed by atoms with Crippen molar-refractivity contribution in [2.45, 2.75) is 19.8 Å². The first-order valence-electron chi connectivity index (χ1n) is 7.34. The molecule has 5 nitrogen and oxygen atoms in total. The molecule has 0 unspecified atom stereocenters. The summed E-state index contributed by atoms with van der Waals surface area (Å²) >= 11 is 3.37. The van der Waals surface area contributed by atoms with E-state index in [4.69, 9.17) is 0 Å². The van der Waals surface area contributed by atoms with Crippen molar-refractivity contribution in [1.82, 2.24) is 9.80 Å². The van der Waals surface area contributed by atoms with Gasteiger partial charge in [-0.25, -0.2) is 0 Å². The van der Waals surface area contributed by atoms with Crippen LogP contribution in [0.4, 0.5) is 5.69 Å². The zero-order valence-electron chi connectivity index (χ0n) is 13.4. The first-order chi connectivity index (χ1) is 10.4. The topological polar surface area (TPSA) is 52.7 Å². The molecule has 0 saturated heterocycles. The number of rotatable bonds is 8. The number of hydrogen-bond donors (Lipinski definition) is 1. The highest BCUT2D eigenvalue weighted by molar-refractivity contribution is 9.10. The minimum atomic E-state index is -0.0861. The van der Waals surface area contributed by atoms with Crippen molar-refractivity contribution < 1.29 is 9.59 Å². The largest absolute Gasteiger partial charge is 0.342 e. The summed E-state index contributed by atoms with van der Waals surface area (Å²) in [5, 5.41) is 2.84. The van der Waals surface area contributed by atoms with Gasteiger partial charge in [0.2, 0.25) is 11.8 Å². The summed E-state index contributed by atoms with van der Waals surface area (Å²) in [6.45, 7) is 3.59. The van der Waals surface area contributed by atoms with Crippen molar-refractivity contribution in [3.63, 3.8) is 0 Å². The van der Waals surface area contributed by atoms with E-state index in [1.165, 1.54) is 0 Å². The van der Waals surface area contributed by atoms with Crippen LogP contribution in [0.5, 0.6) is 0 Å². The molecule has 1 aromatic rings. The Balaban J connectivity index is 2.40. The van der Waals surface area contributed by atoms with Crippen LogP contribution in [0.3, 0.4) is 0 Å². The van der Waals surface area contributed by atoms with E-state index < -0.39 is 0 Å². The third kappa shape index (κ3) is 7.56. The molecule has 1 rings (SSSR count). The normalized spacial score (nSPS) is 10.6. The maximum Gasteiger partial charge on any atom is 0.226 e. The maximum atomic E-state index is 12.0. The fourth-order valence-corrected chi connectivity index (χ4v) is 2.43. The smallest absolute Gasteiger partial charge is 0.226 e. The molecule has 122 valence electrons. The number of anilines is 1. The highest BCUT2D eigenvalue weighted by atomic mass is 79.9. The van der Waals surface area contributed by atoms with Gasteiger partial charge in [0.1, 0.15) is 0 Å². The van der Waals surface area contributed by atoms with Gasteiger partial charge >= 0.3 is 0 Å². The molecule has 0 heterocycles. The van der Waals surface area contributed by atoms with Crippen molar-refractivity contribution >= 4 is 33.4 Å². The lowest BCUT2D eigenvalue weighted by Gasteiger charge is -2.21. The third-order valence-corrected chi connectivity index (χ3v) is 3.69. The second kappa shape index (κ2) is 9.58. The average molecular weight is 370 g/mol. The Kier molecular flexibility index (Phi) is 8.12. The first-order valence-corrected chi connectivity index (χ1v) is 8.13.